The number of anilines is 2. The molecule has 1 aromatic heterocycles. The van der Waals surface area contributed by atoms with E-state index in [-0.39, 0.29) is 22.8 Å². The monoisotopic (exact) mass is 500 g/mol. The van der Waals surface area contributed by atoms with Crippen molar-refractivity contribution in [2.45, 2.75) is 37.8 Å². The van der Waals surface area contributed by atoms with Gasteiger partial charge in [-0.2, -0.15) is 0 Å². The second kappa shape index (κ2) is 8.85. The Bertz CT molecular complexity index is 1130. The zero-order valence-electron chi connectivity index (χ0n) is 20.1. The van der Waals surface area contributed by atoms with Crippen LogP contribution in [0.2, 0.25) is 5.02 Å². The molecule has 188 valence electrons. The Morgan fingerprint density at radius 1 is 1.14 bits per heavy atom. The molecule has 1 saturated carbocycles. The van der Waals surface area contributed by atoms with Crippen LogP contribution >= 0.6 is 11.6 Å². The number of pyridine rings is 1. The third kappa shape index (κ3) is 4.19. The lowest BCUT2D eigenvalue weighted by Gasteiger charge is -2.45. The van der Waals surface area contributed by atoms with Gasteiger partial charge in [0.05, 0.1) is 35.6 Å². The number of benzene rings is 1. The first-order valence-electron chi connectivity index (χ1n) is 12.6. The SMILES string of the molecule is C[C@]1(N2CCN(c3cc4cc(NC(=O)[C@@H]5CC56CCOCC6)ncc4cc3Cl)CC2)COC[C@H]1O. The smallest absolute Gasteiger partial charge is 0.229 e. The summed E-state index contributed by atoms with van der Waals surface area (Å²) in [5.74, 6) is 0.708. The van der Waals surface area contributed by atoms with Crippen LogP contribution in [0.25, 0.3) is 10.8 Å². The topological polar surface area (TPSA) is 87.2 Å². The number of halogens is 1. The summed E-state index contributed by atoms with van der Waals surface area (Å²) in [7, 11) is 0. The molecule has 9 heteroatoms. The summed E-state index contributed by atoms with van der Waals surface area (Å²) >= 11 is 6.68. The van der Waals surface area contributed by atoms with Crippen LogP contribution in [0.1, 0.15) is 26.2 Å². The zero-order valence-corrected chi connectivity index (χ0v) is 20.9. The van der Waals surface area contributed by atoms with Crippen LogP contribution in [0.5, 0.6) is 0 Å². The fraction of sp³-hybridized carbons (Fsp3) is 0.615. The minimum absolute atomic E-state index is 0.0617. The largest absolute Gasteiger partial charge is 0.389 e. The van der Waals surface area contributed by atoms with Crippen molar-refractivity contribution in [3.8, 4) is 0 Å². The Morgan fingerprint density at radius 2 is 1.91 bits per heavy atom. The summed E-state index contributed by atoms with van der Waals surface area (Å²) in [5.41, 5.74) is 0.793. The molecule has 4 aliphatic rings. The lowest BCUT2D eigenvalue weighted by Crippen LogP contribution is -2.60. The summed E-state index contributed by atoms with van der Waals surface area (Å²) in [6, 6.07) is 5.98. The molecule has 0 unspecified atom stereocenters. The summed E-state index contributed by atoms with van der Waals surface area (Å²) < 4.78 is 11.0. The Hall–Kier alpha value is -1.97. The molecule has 8 nitrogen and oxygen atoms in total. The molecule has 3 aliphatic heterocycles. The van der Waals surface area contributed by atoms with Crippen LogP contribution in [-0.2, 0) is 14.3 Å². The quantitative estimate of drug-likeness (QED) is 0.667. The molecule has 0 bridgehead atoms. The summed E-state index contributed by atoms with van der Waals surface area (Å²) in [6.07, 6.45) is 4.20. The van der Waals surface area contributed by atoms with E-state index in [9.17, 15) is 9.90 Å². The molecule has 6 rings (SSSR count). The average Bonchev–Trinajstić information content (AvgIpc) is 3.44. The molecular weight excluding hydrogens is 468 g/mol. The first-order valence-corrected chi connectivity index (χ1v) is 13.0. The maximum atomic E-state index is 12.9. The van der Waals surface area contributed by atoms with Crippen LogP contribution in [-0.4, -0.2) is 85.1 Å². The molecule has 2 aromatic rings. The first-order chi connectivity index (χ1) is 16.9. The van der Waals surface area contributed by atoms with E-state index < -0.39 is 6.10 Å². The minimum Gasteiger partial charge on any atom is -0.389 e. The minimum atomic E-state index is -0.462. The maximum Gasteiger partial charge on any atom is 0.229 e. The fourth-order valence-electron chi connectivity index (χ4n) is 6.14. The van der Waals surface area contributed by atoms with Gasteiger partial charge in [-0.1, -0.05) is 11.6 Å². The standard InChI is InChI=1S/C26H33ClN4O4/c1-25(16-35-15-22(25)32)31-6-4-30(5-7-31)21-11-17-12-23(28-14-18(17)10-20(21)27)29-24(33)19-13-26(19)2-8-34-9-3-26/h10-12,14,19,22,32H,2-9,13,15-16H2,1H3,(H,28,29,33)/t19-,22+,25-/m0/s1. The molecule has 1 aromatic carbocycles. The number of hydrogen-bond donors (Lipinski definition) is 2. The van der Waals surface area contributed by atoms with Crippen molar-refractivity contribution in [2.24, 2.45) is 11.3 Å². The number of piperazine rings is 1. The Labute approximate surface area is 210 Å². The summed E-state index contributed by atoms with van der Waals surface area (Å²) in [6.45, 7) is 7.84. The first kappa shape index (κ1) is 23.4. The highest BCUT2D eigenvalue weighted by molar-refractivity contribution is 6.34. The van der Waals surface area contributed by atoms with Crippen molar-refractivity contribution in [2.75, 3.05) is 62.8 Å². The summed E-state index contributed by atoms with van der Waals surface area (Å²) in [4.78, 5) is 22.0. The number of rotatable bonds is 4. The second-order valence-corrected chi connectivity index (χ2v) is 11.2. The lowest BCUT2D eigenvalue weighted by atomic mass is 9.93. The highest BCUT2D eigenvalue weighted by atomic mass is 35.5. The third-order valence-corrected chi connectivity index (χ3v) is 9.07. The molecule has 3 atom stereocenters. The van der Waals surface area contributed by atoms with Crippen LogP contribution in [0.4, 0.5) is 11.5 Å². The Morgan fingerprint density at radius 3 is 2.63 bits per heavy atom. The van der Waals surface area contributed by atoms with Gasteiger partial charge < -0.3 is 24.8 Å². The van der Waals surface area contributed by atoms with Gasteiger partial charge in [0.25, 0.3) is 0 Å². The van der Waals surface area contributed by atoms with Crippen molar-refractivity contribution < 1.29 is 19.4 Å². The van der Waals surface area contributed by atoms with Gasteiger partial charge in [-0.15, -0.1) is 0 Å². The van der Waals surface area contributed by atoms with Crippen LogP contribution in [0.15, 0.2) is 24.4 Å². The predicted octanol–water partition coefficient (Wildman–Crippen LogP) is 2.92. The van der Waals surface area contributed by atoms with E-state index in [1.54, 1.807) is 6.20 Å². The van der Waals surface area contributed by atoms with Gasteiger partial charge in [0.1, 0.15) is 5.82 Å². The van der Waals surface area contributed by atoms with Gasteiger partial charge in [-0.3, -0.25) is 9.69 Å². The number of aliphatic hydroxyl groups is 1. The third-order valence-electron chi connectivity index (χ3n) is 8.76. The predicted molar refractivity (Wildman–Crippen MR) is 135 cm³/mol. The summed E-state index contributed by atoms with van der Waals surface area (Å²) in [5, 5.41) is 16.1. The number of ether oxygens (including phenoxy) is 2. The van der Waals surface area contributed by atoms with Gasteiger partial charge in [0, 0.05) is 56.9 Å². The van der Waals surface area contributed by atoms with E-state index in [1.165, 1.54) is 0 Å². The number of nitrogens with one attached hydrogen (secondary N) is 1. The molecule has 1 amide bonds. The highest BCUT2D eigenvalue weighted by Gasteiger charge is 2.58. The van der Waals surface area contributed by atoms with E-state index in [0.29, 0.717) is 24.1 Å². The number of aromatic nitrogens is 1. The van der Waals surface area contributed by atoms with E-state index in [2.05, 4.69) is 33.1 Å². The molecule has 1 aliphatic carbocycles. The molecule has 4 heterocycles. The second-order valence-electron chi connectivity index (χ2n) is 10.8. The molecule has 2 N–H and O–H groups in total. The maximum absolute atomic E-state index is 12.9. The molecule has 0 radical (unpaired) electrons. The number of carbonyl (C=O) groups excluding carboxylic acids is 1. The van der Waals surface area contributed by atoms with Crippen molar-refractivity contribution in [1.29, 1.82) is 0 Å². The van der Waals surface area contributed by atoms with Crippen molar-refractivity contribution in [1.82, 2.24) is 9.88 Å². The van der Waals surface area contributed by atoms with Crippen molar-refractivity contribution in [3.05, 3.63) is 29.4 Å². The fourth-order valence-corrected chi connectivity index (χ4v) is 6.43. The molecule has 3 saturated heterocycles. The van der Waals surface area contributed by atoms with E-state index in [0.717, 1.165) is 75.1 Å². The average molecular weight is 501 g/mol. The molecular formula is C26H33ClN4O4. The number of fused-ring (bicyclic) bond motifs is 1. The van der Waals surface area contributed by atoms with Gasteiger partial charge in [0.15, 0.2) is 0 Å². The zero-order chi connectivity index (χ0) is 24.2. The van der Waals surface area contributed by atoms with Crippen molar-refractivity contribution >= 4 is 39.8 Å². The highest BCUT2D eigenvalue weighted by Crippen LogP contribution is 2.59. The number of amides is 1. The van der Waals surface area contributed by atoms with Crippen LogP contribution in [0, 0.1) is 11.3 Å². The van der Waals surface area contributed by atoms with Crippen molar-refractivity contribution in [3.63, 3.8) is 0 Å². The van der Waals surface area contributed by atoms with E-state index >= 15 is 0 Å². The number of carbonyl (C=O) groups is 1. The number of hydrogen-bond acceptors (Lipinski definition) is 7. The molecule has 1 spiro atoms. The number of aliphatic hydroxyl groups excluding tert-OH is 1. The Kier molecular flexibility index (Phi) is 5.92. The van der Waals surface area contributed by atoms with Gasteiger partial charge in [0.2, 0.25) is 5.91 Å². The van der Waals surface area contributed by atoms with Gasteiger partial charge >= 0.3 is 0 Å². The molecule has 35 heavy (non-hydrogen) atoms. The Balaban J connectivity index is 1.15. The number of nitrogens with zero attached hydrogens (tertiary/aromatic N) is 3. The van der Waals surface area contributed by atoms with E-state index in [4.69, 9.17) is 21.1 Å². The lowest BCUT2D eigenvalue weighted by molar-refractivity contribution is -0.118. The van der Waals surface area contributed by atoms with Crippen LogP contribution < -0.4 is 10.2 Å². The van der Waals surface area contributed by atoms with Crippen LogP contribution in [0.3, 0.4) is 0 Å². The van der Waals surface area contributed by atoms with Gasteiger partial charge in [-0.25, -0.2) is 4.98 Å². The van der Waals surface area contributed by atoms with E-state index in [1.807, 2.05) is 12.1 Å². The molecule has 4 fully saturated rings. The van der Waals surface area contributed by atoms with Gasteiger partial charge in [-0.05, 0) is 55.2 Å². The normalized spacial score (nSPS) is 30.7.